The second kappa shape index (κ2) is 4.15. The molecule has 1 N–H and O–H groups in total. The summed E-state index contributed by atoms with van der Waals surface area (Å²) in [4.78, 5) is 10.8. The summed E-state index contributed by atoms with van der Waals surface area (Å²) in [5, 5.41) is 2.36. The van der Waals surface area contributed by atoms with Crippen LogP contribution < -0.4 is 10.1 Å². The Morgan fingerprint density at radius 2 is 2.06 bits per heavy atom. The van der Waals surface area contributed by atoms with Crippen LogP contribution in [0.4, 0.5) is 18.0 Å². The first-order valence-electron chi connectivity index (χ1n) is 4.75. The third kappa shape index (κ3) is 2.80. The third-order valence-corrected chi connectivity index (χ3v) is 2.17. The molecule has 0 bridgehead atoms. The molecule has 1 aromatic carbocycles. The van der Waals surface area contributed by atoms with Crippen LogP contribution in [0.15, 0.2) is 24.3 Å². The van der Waals surface area contributed by atoms with Gasteiger partial charge in [0, 0.05) is 5.56 Å². The molecular weight excluding hydrogens is 239 g/mol. The van der Waals surface area contributed by atoms with Crippen molar-refractivity contribution < 1.29 is 27.4 Å². The van der Waals surface area contributed by atoms with Crippen LogP contribution in [0.25, 0.3) is 0 Å². The van der Waals surface area contributed by atoms with E-state index >= 15 is 0 Å². The van der Waals surface area contributed by atoms with Crippen molar-refractivity contribution in [3.05, 3.63) is 29.8 Å². The number of amides is 1. The number of para-hydroxylation sites is 1. The van der Waals surface area contributed by atoms with Crippen molar-refractivity contribution in [1.29, 1.82) is 0 Å². The van der Waals surface area contributed by atoms with Crippen LogP contribution >= 0.6 is 0 Å². The molecule has 1 fully saturated rings. The molecule has 0 aliphatic carbocycles. The van der Waals surface area contributed by atoms with E-state index in [2.05, 4.69) is 10.1 Å². The zero-order valence-electron chi connectivity index (χ0n) is 8.45. The van der Waals surface area contributed by atoms with Gasteiger partial charge in [-0.1, -0.05) is 18.2 Å². The van der Waals surface area contributed by atoms with Crippen molar-refractivity contribution in [3.8, 4) is 5.75 Å². The lowest BCUT2D eigenvalue weighted by Crippen LogP contribution is -2.19. The SMILES string of the molecule is O=C1NCC(c2ccccc2OC(F)(F)F)O1. The molecular formula is C10H8F3NO3. The minimum absolute atomic E-state index is 0.122. The smallest absolute Gasteiger partial charge is 0.439 e. The zero-order valence-corrected chi connectivity index (χ0v) is 8.45. The summed E-state index contributed by atoms with van der Waals surface area (Å²) in [5.74, 6) is -0.360. The Hall–Kier alpha value is -1.92. The number of halogens is 3. The monoisotopic (exact) mass is 247 g/mol. The van der Waals surface area contributed by atoms with Gasteiger partial charge in [0.15, 0.2) is 0 Å². The fourth-order valence-corrected chi connectivity index (χ4v) is 1.53. The molecule has 1 atom stereocenters. The van der Waals surface area contributed by atoms with Gasteiger partial charge in [0.1, 0.15) is 11.9 Å². The molecule has 1 heterocycles. The lowest BCUT2D eigenvalue weighted by Gasteiger charge is -2.15. The maximum Gasteiger partial charge on any atom is 0.573 e. The molecule has 1 saturated heterocycles. The maximum absolute atomic E-state index is 12.1. The number of hydrogen-bond donors (Lipinski definition) is 1. The average molecular weight is 247 g/mol. The van der Waals surface area contributed by atoms with E-state index < -0.39 is 18.6 Å². The number of ether oxygens (including phenoxy) is 2. The zero-order chi connectivity index (χ0) is 12.5. The van der Waals surface area contributed by atoms with Crippen molar-refractivity contribution in [2.45, 2.75) is 12.5 Å². The van der Waals surface area contributed by atoms with Gasteiger partial charge >= 0.3 is 12.5 Å². The normalized spacial score (nSPS) is 19.7. The molecule has 1 unspecified atom stereocenters. The maximum atomic E-state index is 12.1. The fourth-order valence-electron chi connectivity index (χ4n) is 1.53. The largest absolute Gasteiger partial charge is 0.573 e. The fraction of sp³-hybridized carbons (Fsp3) is 0.300. The lowest BCUT2D eigenvalue weighted by atomic mass is 10.1. The summed E-state index contributed by atoms with van der Waals surface area (Å²) < 4.78 is 45.1. The molecule has 0 saturated carbocycles. The van der Waals surface area contributed by atoms with Crippen LogP contribution in [0.3, 0.4) is 0 Å². The van der Waals surface area contributed by atoms with E-state index in [1.54, 1.807) is 6.07 Å². The van der Waals surface area contributed by atoms with Gasteiger partial charge in [0.25, 0.3) is 0 Å². The first-order valence-corrected chi connectivity index (χ1v) is 4.75. The molecule has 4 nitrogen and oxygen atoms in total. The number of rotatable bonds is 2. The summed E-state index contributed by atoms with van der Waals surface area (Å²) in [6.45, 7) is 0.122. The molecule has 1 aliphatic heterocycles. The number of benzene rings is 1. The molecule has 7 heteroatoms. The molecule has 1 aliphatic rings. The highest BCUT2D eigenvalue weighted by molar-refractivity contribution is 5.70. The molecule has 1 aromatic rings. The Balaban J connectivity index is 2.24. The highest BCUT2D eigenvalue weighted by atomic mass is 19.4. The number of hydrogen-bond acceptors (Lipinski definition) is 3. The minimum Gasteiger partial charge on any atom is -0.439 e. The molecule has 2 rings (SSSR count). The number of alkyl halides is 3. The highest BCUT2D eigenvalue weighted by Crippen LogP contribution is 2.32. The van der Waals surface area contributed by atoms with Crippen LogP contribution in [0.1, 0.15) is 11.7 Å². The van der Waals surface area contributed by atoms with Gasteiger partial charge in [-0.25, -0.2) is 4.79 Å². The predicted molar refractivity (Wildman–Crippen MR) is 50.3 cm³/mol. The van der Waals surface area contributed by atoms with Gasteiger partial charge in [0.2, 0.25) is 0 Å². The molecule has 1 amide bonds. The van der Waals surface area contributed by atoms with Crippen LogP contribution in [-0.2, 0) is 4.74 Å². The van der Waals surface area contributed by atoms with E-state index in [1.165, 1.54) is 18.2 Å². The second-order valence-corrected chi connectivity index (χ2v) is 3.36. The first-order chi connectivity index (χ1) is 7.96. The van der Waals surface area contributed by atoms with Crippen molar-refractivity contribution in [3.63, 3.8) is 0 Å². The van der Waals surface area contributed by atoms with Crippen LogP contribution in [-0.4, -0.2) is 19.0 Å². The molecule has 0 radical (unpaired) electrons. The van der Waals surface area contributed by atoms with Crippen LogP contribution in [0.5, 0.6) is 5.75 Å². The molecule has 17 heavy (non-hydrogen) atoms. The van der Waals surface area contributed by atoms with Crippen molar-refractivity contribution >= 4 is 6.09 Å². The Bertz CT molecular complexity index is 433. The quantitative estimate of drug-likeness (QED) is 0.872. The van der Waals surface area contributed by atoms with Crippen LogP contribution in [0.2, 0.25) is 0 Å². The summed E-state index contributed by atoms with van der Waals surface area (Å²) in [7, 11) is 0. The van der Waals surface area contributed by atoms with Gasteiger partial charge in [-0.15, -0.1) is 13.2 Å². The Labute approximate surface area is 94.3 Å². The van der Waals surface area contributed by atoms with E-state index in [4.69, 9.17) is 4.74 Å². The summed E-state index contributed by atoms with van der Waals surface area (Å²) in [5.41, 5.74) is 0.183. The summed E-state index contributed by atoms with van der Waals surface area (Å²) >= 11 is 0. The number of alkyl carbamates (subject to hydrolysis) is 1. The van der Waals surface area contributed by atoms with Gasteiger partial charge < -0.3 is 14.8 Å². The van der Waals surface area contributed by atoms with Gasteiger partial charge in [-0.05, 0) is 6.07 Å². The van der Waals surface area contributed by atoms with E-state index in [9.17, 15) is 18.0 Å². The van der Waals surface area contributed by atoms with Crippen molar-refractivity contribution in [2.24, 2.45) is 0 Å². The van der Waals surface area contributed by atoms with Gasteiger partial charge in [-0.2, -0.15) is 0 Å². The predicted octanol–water partition coefficient (Wildman–Crippen LogP) is 2.37. The topological polar surface area (TPSA) is 47.6 Å². The van der Waals surface area contributed by atoms with E-state index in [0.717, 1.165) is 0 Å². The van der Waals surface area contributed by atoms with Crippen molar-refractivity contribution in [2.75, 3.05) is 6.54 Å². The van der Waals surface area contributed by atoms with Gasteiger partial charge in [0.05, 0.1) is 6.54 Å². The molecule has 92 valence electrons. The first kappa shape index (κ1) is 11.6. The Kier molecular flexibility index (Phi) is 2.83. The Morgan fingerprint density at radius 3 is 2.65 bits per heavy atom. The number of cyclic esters (lactones) is 1. The number of carbonyl (C=O) groups is 1. The van der Waals surface area contributed by atoms with E-state index in [-0.39, 0.29) is 17.9 Å². The second-order valence-electron chi connectivity index (χ2n) is 3.36. The highest BCUT2D eigenvalue weighted by Gasteiger charge is 2.34. The number of carbonyl (C=O) groups excluding carboxylic acids is 1. The third-order valence-electron chi connectivity index (χ3n) is 2.17. The van der Waals surface area contributed by atoms with E-state index in [0.29, 0.717) is 0 Å². The molecule has 0 spiro atoms. The minimum atomic E-state index is -4.77. The van der Waals surface area contributed by atoms with E-state index in [1.807, 2.05) is 0 Å². The molecule has 0 aromatic heterocycles. The standard InChI is InChI=1S/C10H8F3NO3/c11-10(12,13)17-7-4-2-1-3-6(7)8-5-14-9(15)16-8/h1-4,8H,5H2,(H,14,15). The summed E-state index contributed by atoms with van der Waals surface area (Å²) in [6.07, 6.45) is -6.19. The lowest BCUT2D eigenvalue weighted by molar-refractivity contribution is -0.275. The number of nitrogens with one attached hydrogen (secondary N) is 1. The van der Waals surface area contributed by atoms with Crippen LogP contribution in [0, 0.1) is 0 Å². The Morgan fingerprint density at radius 1 is 1.35 bits per heavy atom. The van der Waals surface area contributed by atoms with Crippen molar-refractivity contribution in [1.82, 2.24) is 5.32 Å². The van der Waals surface area contributed by atoms with Gasteiger partial charge in [-0.3, -0.25) is 0 Å². The average Bonchev–Trinajstić information content (AvgIpc) is 2.63. The summed E-state index contributed by atoms with van der Waals surface area (Å²) in [6, 6.07) is 5.56.